The molecule has 1 aliphatic heterocycles. The number of para-hydroxylation sites is 2. The molecule has 2 aromatic rings. The van der Waals surface area contributed by atoms with Crippen molar-refractivity contribution in [3.63, 3.8) is 0 Å². The van der Waals surface area contributed by atoms with Crippen LogP contribution in [0.2, 0.25) is 0 Å². The first-order valence-corrected chi connectivity index (χ1v) is 7.22. The molecule has 1 aromatic carbocycles. The van der Waals surface area contributed by atoms with Crippen LogP contribution in [0.5, 0.6) is 0 Å². The lowest BCUT2D eigenvalue weighted by molar-refractivity contribution is -0.126. The van der Waals surface area contributed by atoms with E-state index in [4.69, 9.17) is 0 Å². The van der Waals surface area contributed by atoms with E-state index in [1.54, 1.807) is 0 Å². The van der Waals surface area contributed by atoms with Gasteiger partial charge in [-0.2, -0.15) is 0 Å². The average molecular weight is 286 g/mol. The minimum atomic E-state index is -0.187. The van der Waals surface area contributed by atoms with E-state index in [9.17, 15) is 9.59 Å². The zero-order valence-electron chi connectivity index (χ0n) is 11.9. The molecular formula is C15H18N4O2. The fourth-order valence-electron chi connectivity index (χ4n) is 2.66. The van der Waals surface area contributed by atoms with Gasteiger partial charge >= 0.3 is 0 Å². The summed E-state index contributed by atoms with van der Waals surface area (Å²) in [4.78, 5) is 27.9. The molecule has 1 atom stereocenters. The number of nitrogens with one attached hydrogen (secondary N) is 2. The summed E-state index contributed by atoms with van der Waals surface area (Å²) in [6.07, 6.45) is 0.992. The maximum absolute atomic E-state index is 12.3. The fourth-order valence-corrected chi connectivity index (χ4v) is 2.66. The van der Waals surface area contributed by atoms with Crippen LogP contribution in [0.4, 0.5) is 5.95 Å². The molecule has 21 heavy (non-hydrogen) atoms. The van der Waals surface area contributed by atoms with Gasteiger partial charge in [-0.05, 0) is 25.5 Å². The quantitative estimate of drug-likeness (QED) is 0.898. The Labute approximate surface area is 122 Å². The molecule has 110 valence electrons. The van der Waals surface area contributed by atoms with Gasteiger partial charge in [-0.3, -0.25) is 14.9 Å². The predicted molar refractivity (Wildman–Crippen MR) is 79.8 cm³/mol. The normalized spacial score (nSPS) is 18.5. The van der Waals surface area contributed by atoms with Crippen molar-refractivity contribution >= 4 is 28.8 Å². The van der Waals surface area contributed by atoms with Gasteiger partial charge < -0.3 is 9.88 Å². The van der Waals surface area contributed by atoms with E-state index >= 15 is 0 Å². The Balaban J connectivity index is 1.81. The molecule has 1 saturated heterocycles. The van der Waals surface area contributed by atoms with E-state index in [-0.39, 0.29) is 17.7 Å². The standard InChI is InChI=1S/C15H18N4O2/c1-2-19-12-6-4-3-5-11(12)17-15(19)18-14(21)10-7-8-13(20)16-9-10/h3-6,10H,2,7-9H2,1H3,(H,16,20)(H,17,18,21)/t10-/m0/s1. The second kappa shape index (κ2) is 5.55. The minimum absolute atomic E-state index is 0.0137. The molecule has 2 amide bonds. The number of hydrogen-bond acceptors (Lipinski definition) is 3. The van der Waals surface area contributed by atoms with Crippen molar-refractivity contribution in [2.24, 2.45) is 5.92 Å². The average Bonchev–Trinajstić information content (AvgIpc) is 2.84. The number of aryl methyl sites for hydroxylation is 1. The first kappa shape index (κ1) is 13.6. The summed E-state index contributed by atoms with van der Waals surface area (Å²) in [5.41, 5.74) is 1.87. The van der Waals surface area contributed by atoms with Crippen LogP contribution in [0.3, 0.4) is 0 Å². The second-order valence-corrected chi connectivity index (χ2v) is 5.20. The number of fused-ring (bicyclic) bond motifs is 1. The van der Waals surface area contributed by atoms with Gasteiger partial charge in [-0.15, -0.1) is 0 Å². The van der Waals surface area contributed by atoms with Crippen LogP contribution < -0.4 is 10.6 Å². The fraction of sp³-hybridized carbons (Fsp3) is 0.400. The number of imidazole rings is 1. The zero-order valence-corrected chi connectivity index (χ0v) is 11.9. The number of nitrogens with zero attached hydrogens (tertiary/aromatic N) is 2. The summed E-state index contributed by atoms with van der Waals surface area (Å²) in [6, 6.07) is 7.80. The molecule has 0 saturated carbocycles. The van der Waals surface area contributed by atoms with Crippen LogP contribution in [0.15, 0.2) is 24.3 Å². The van der Waals surface area contributed by atoms with Crippen molar-refractivity contribution in [2.75, 3.05) is 11.9 Å². The smallest absolute Gasteiger partial charge is 0.231 e. The molecule has 0 bridgehead atoms. The van der Waals surface area contributed by atoms with Gasteiger partial charge in [0.1, 0.15) is 0 Å². The first-order valence-electron chi connectivity index (χ1n) is 7.22. The van der Waals surface area contributed by atoms with Crippen LogP contribution >= 0.6 is 0 Å². The monoisotopic (exact) mass is 286 g/mol. The lowest BCUT2D eigenvalue weighted by Gasteiger charge is -2.21. The molecule has 1 aliphatic rings. The molecule has 0 aliphatic carbocycles. The van der Waals surface area contributed by atoms with Crippen LogP contribution in [-0.4, -0.2) is 27.9 Å². The Morgan fingerprint density at radius 1 is 1.48 bits per heavy atom. The van der Waals surface area contributed by atoms with Crippen LogP contribution in [0, 0.1) is 5.92 Å². The van der Waals surface area contributed by atoms with Crippen molar-refractivity contribution in [3.05, 3.63) is 24.3 Å². The highest BCUT2D eigenvalue weighted by Crippen LogP contribution is 2.20. The SMILES string of the molecule is CCn1c(NC(=O)[C@H]2CCC(=O)NC2)nc2ccccc21. The number of carbonyl (C=O) groups is 2. The van der Waals surface area contributed by atoms with Crippen LogP contribution in [0.1, 0.15) is 19.8 Å². The van der Waals surface area contributed by atoms with E-state index < -0.39 is 0 Å². The Morgan fingerprint density at radius 2 is 2.29 bits per heavy atom. The summed E-state index contributed by atoms with van der Waals surface area (Å²) in [5.74, 6) is 0.313. The lowest BCUT2D eigenvalue weighted by Crippen LogP contribution is -2.40. The van der Waals surface area contributed by atoms with Crippen LogP contribution in [-0.2, 0) is 16.1 Å². The lowest BCUT2D eigenvalue weighted by atomic mass is 9.98. The van der Waals surface area contributed by atoms with Gasteiger partial charge in [0.25, 0.3) is 0 Å². The zero-order chi connectivity index (χ0) is 14.8. The largest absolute Gasteiger partial charge is 0.355 e. The number of rotatable bonds is 3. The van der Waals surface area contributed by atoms with Crippen molar-refractivity contribution in [2.45, 2.75) is 26.3 Å². The summed E-state index contributed by atoms with van der Waals surface area (Å²) in [5, 5.41) is 5.62. The molecule has 0 spiro atoms. The molecule has 0 unspecified atom stereocenters. The van der Waals surface area contributed by atoms with E-state index in [0.29, 0.717) is 25.3 Å². The summed E-state index contributed by atoms with van der Waals surface area (Å²) < 4.78 is 1.98. The predicted octanol–water partition coefficient (Wildman–Crippen LogP) is 1.52. The van der Waals surface area contributed by atoms with Crippen molar-refractivity contribution in [1.82, 2.24) is 14.9 Å². The van der Waals surface area contributed by atoms with Gasteiger partial charge in [0.05, 0.1) is 17.0 Å². The van der Waals surface area contributed by atoms with E-state index in [1.165, 1.54) is 0 Å². The molecule has 1 fully saturated rings. The third-order valence-corrected chi connectivity index (χ3v) is 3.84. The maximum atomic E-state index is 12.3. The molecule has 2 N–H and O–H groups in total. The molecular weight excluding hydrogens is 268 g/mol. The Kier molecular flexibility index (Phi) is 3.60. The molecule has 2 heterocycles. The molecule has 6 heteroatoms. The number of benzene rings is 1. The third kappa shape index (κ3) is 2.61. The van der Waals surface area contributed by atoms with E-state index in [2.05, 4.69) is 15.6 Å². The van der Waals surface area contributed by atoms with Crippen molar-refractivity contribution < 1.29 is 9.59 Å². The molecule has 1 aromatic heterocycles. The second-order valence-electron chi connectivity index (χ2n) is 5.20. The minimum Gasteiger partial charge on any atom is -0.355 e. The molecule has 3 rings (SSSR count). The number of carbonyl (C=O) groups excluding carboxylic acids is 2. The number of anilines is 1. The van der Waals surface area contributed by atoms with Gasteiger partial charge in [0, 0.05) is 19.5 Å². The third-order valence-electron chi connectivity index (χ3n) is 3.84. The van der Waals surface area contributed by atoms with Crippen LogP contribution in [0.25, 0.3) is 11.0 Å². The van der Waals surface area contributed by atoms with Gasteiger partial charge in [0.15, 0.2) is 0 Å². The highest BCUT2D eigenvalue weighted by molar-refractivity contribution is 5.94. The Morgan fingerprint density at radius 3 is 3.00 bits per heavy atom. The molecule has 6 nitrogen and oxygen atoms in total. The van der Waals surface area contributed by atoms with Gasteiger partial charge in [0.2, 0.25) is 17.8 Å². The highest BCUT2D eigenvalue weighted by atomic mass is 16.2. The topological polar surface area (TPSA) is 76.0 Å². The molecule has 0 radical (unpaired) electrons. The maximum Gasteiger partial charge on any atom is 0.231 e. The number of piperidine rings is 1. The Bertz CT molecular complexity index is 682. The summed E-state index contributed by atoms with van der Waals surface area (Å²) in [6.45, 7) is 3.15. The number of amides is 2. The van der Waals surface area contributed by atoms with Crippen molar-refractivity contribution in [1.29, 1.82) is 0 Å². The summed E-state index contributed by atoms with van der Waals surface area (Å²) >= 11 is 0. The summed E-state index contributed by atoms with van der Waals surface area (Å²) in [7, 11) is 0. The first-order chi connectivity index (χ1) is 10.2. The van der Waals surface area contributed by atoms with E-state index in [0.717, 1.165) is 17.6 Å². The number of hydrogen-bond donors (Lipinski definition) is 2. The number of aromatic nitrogens is 2. The van der Waals surface area contributed by atoms with Gasteiger partial charge in [-0.1, -0.05) is 12.1 Å². The highest BCUT2D eigenvalue weighted by Gasteiger charge is 2.25. The van der Waals surface area contributed by atoms with Gasteiger partial charge in [-0.25, -0.2) is 4.98 Å². The Hall–Kier alpha value is -2.37. The van der Waals surface area contributed by atoms with E-state index in [1.807, 2.05) is 35.8 Å². The van der Waals surface area contributed by atoms with Crippen molar-refractivity contribution in [3.8, 4) is 0 Å².